The van der Waals surface area contributed by atoms with E-state index in [0.717, 1.165) is 18.4 Å². The smallest absolute Gasteiger partial charge is 0.335 e. The molecule has 2 rings (SSSR count). The van der Waals surface area contributed by atoms with E-state index < -0.39 is 5.97 Å². The van der Waals surface area contributed by atoms with Crippen molar-refractivity contribution in [3.63, 3.8) is 0 Å². The molecule has 6 heteroatoms. The van der Waals surface area contributed by atoms with E-state index in [-0.39, 0.29) is 17.6 Å². The van der Waals surface area contributed by atoms with Crippen molar-refractivity contribution in [1.29, 1.82) is 0 Å². The van der Waals surface area contributed by atoms with E-state index >= 15 is 0 Å². The molecule has 0 unspecified atom stereocenters. The number of carboxylic acids is 1. The number of nitrogens with one attached hydrogen (secondary N) is 1. The lowest BCUT2D eigenvalue weighted by atomic mass is 10.1. The molecule has 2 aromatic rings. The second-order valence-corrected chi connectivity index (χ2v) is 6.38. The van der Waals surface area contributed by atoms with Crippen LogP contribution in [0.4, 0.5) is 5.69 Å². The van der Waals surface area contributed by atoms with Crippen molar-refractivity contribution in [1.82, 2.24) is 0 Å². The maximum Gasteiger partial charge on any atom is 0.335 e. The fourth-order valence-electron chi connectivity index (χ4n) is 2.49. The van der Waals surface area contributed by atoms with Crippen LogP contribution in [0.15, 0.2) is 36.4 Å². The minimum absolute atomic E-state index is 0.0359. The van der Waals surface area contributed by atoms with Gasteiger partial charge in [-0.3, -0.25) is 4.79 Å². The molecule has 0 radical (unpaired) electrons. The van der Waals surface area contributed by atoms with E-state index in [9.17, 15) is 9.59 Å². The van der Waals surface area contributed by atoms with Crippen molar-refractivity contribution in [2.45, 2.75) is 39.7 Å². The van der Waals surface area contributed by atoms with Crippen molar-refractivity contribution in [2.75, 3.05) is 5.32 Å². The van der Waals surface area contributed by atoms with Gasteiger partial charge in [0, 0.05) is 11.3 Å². The van der Waals surface area contributed by atoms with Crippen LogP contribution in [0, 0.1) is 6.92 Å². The molecule has 2 N–H and O–H groups in total. The molecular formula is C20H22ClNO4. The number of hydrogen-bond acceptors (Lipinski definition) is 3. The maximum atomic E-state index is 12.5. The number of anilines is 1. The normalized spacial score (nSPS) is 10.7. The molecule has 0 heterocycles. The summed E-state index contributed by atoms with van der Waals surface area (Å²) in [4.78, 5) is 23.4. The largest absolute Gasteiger partial charge is 0.489 e. The van der Waals surface area contributed by atoms with Gasteiger partial charge in [-0.25, -0.2) is 4.79 Å². The van der Waals surface area contributed by atoms with Gasteiger partial charge < -0.3 is 15.2 Å². The number of carbonyl (C=O) groups excluding carboxylic acids is 1. The first-order valence-corrected chi connectivity index (χ1v) is 8.85. The zero-order chi connectivity index (χ0) is 19.3. The van der Waals surface area contributed by atoms with Gasteiger partial charge in [0.1, 0.15) is 5.75 Å². The first kappa shape index (κ1) is 19.8. The Labute approximate surface area is 157 Å². The molecule has 0 saturated carbocycles. The van der Waals surface area contributed by atoms with E-state index in [1.54, 1.807) is 24.3 Å². The standard InChI is InChI=1S/C20H22ClNO4/c1-4-16(5-2)26-17-11-14(10-12(3)18(17)21)19(23)22-15-8-6-13(7-9-15)20(24)25/h6-11,16H,4-5H2,1-3H3,(H,22,23)(H,24,25). The predicted octanol–water partition coefficient (Wildman–Crippen LogP) is 5.17. The monoisotopic (exact) mass is 375 g/mol. The van der Waals surface area contributed by atoms with Gasteiger partial charge in [-0.2, -0.15) is 0 Å². The first-order chi connectivity index (χ1) is 12.3. The zero-order valence-electron chi connectivity index (χ0n) is 15.0. The number of carbonyl (C=O) groups is 2. The van der Waals surface area contributed by atoms with Crippen molar-refractivity contribution in [2.24, 2.45) is 0 Å². The number of carboxylic acid groups (broad SMARTS) is 1. The highest BCUT2D eigenvalue weighted by Crippen LogP contribution is 2.31. The summed E-state index contributed by atoms with van der Waals surface area (Å²) in [6.07, 6.45) is 1.73. The van der Waals surface area contributed by atoms with Crippen LogP contribution < -0.4 is 10.1 Å². The van der Waals surface area contributed by atoms with Crippen molar-refractivity contribution < 1.29 is 19.4 Å². The third kappa shape index (κ3) is 4.76. The fraction of sp³-hybridized carbons (Fsp3) is 0.300. The van der Waals surface area contributed by atoms with Crippen molar-refractivity contribution >= 4 is 29.2 Å². The summed E-state index contributed by atoms with van der Waals surface area (Å²) in [6, 6.07) is 9.30. The lowest BCUT2D eigenvalue weighted by molar-refractivity contribution is 0.0696. The molecule has 0 aliphatic heterocycles. The number of aryl methyl sites for hydroxylation is 1. The minimum Gasteiger partial charge on any atom is -0.489 e. The third-order valence-corrected chi connectivity index (χ3v) is 4.56. The summed E-state index contributed by atoms with van der Waals surface area (Å²) in [5.74, 6) is -0.839. The number of rotatable bonds is 7. The highest BCUT2D eigenvalue weighted by Gasteiger charge is 2.16. The molecule has 0 bridgehead atoms. The lowest BCUT2D eigenvalue weighted by Gasteiger charge is -2.18. The summed E-state index contributed by atoms with van der Waals surface area (Å²) in [6.45, 7) is 5.89. The van der Waals surface area contributed by atoms with E-state index in [4.69, 9.17) is 21.4 Å². The van der Waals surface area contributed by atoms with Crippen LogP contribution in [0.3, 0.4) is 0 Å². The number of amides is 1. The van der Waals surface area contributed by atoms with Crippen LogP contribution in [0.1, 0.15) is 53.0 Å². The number of halogens is 1. The highest BCUT2D eigenvalue weighted by atomic mass is 35.5. The van der Waals surface area contributed by atoms with Crippen LogP contribution in [-0.2, 0) is 0 Å². The maximum absolute atomic E-state index is 12.5. The minimum atomic E-state index is -1.01. The predicted molar refractivity (Wildman–Crippen MR) is 103 cm³/mol. The van der Waals surface area contributed by atoms with Crippen LogP contribution in [0.25, 0.3) is 0 Å². The van der Waals surface area contributed by atoms with Crippen LogP contribution in [-0.4, -0.2) is 23.1 Å². The van der Waals surface area contributed by atoms with Gasteiger partial charge in [-0.1, -0.05) is 25.4 Å². The lowest BCUT2D eigenvalue weighted by Crippen LogP contribution is -2.16. The average Bonchev–Trinajstić information content (AvgIpc) is 2.63. The first-order valence-electron chi connectivity index (χ1n) is 8.47. The van der Waals surface area contributed by atoms with Crippen LogP contribution in [0.2, 0.25) is 5.02 Å². The molecule has 0 atom stereocenters. The number of aromatic carboxylic acids is 1. The summed E-state index contributed by atoms with van der Waals surface area (Å²) in [5, 5.41) is 12.2. The zero-order valence-corrected chi connectivity index (χ0v) is 15.8. The van der Waals surface area contributed by atoms with E-state index in [2.05, 4.69) is 5.32 Å². The Morgan fingerprint density at radius 1 is 1.12 bits per heavy atom. The van der Waals surface area contributed by atoms with E-state index in [1.165, 1.54) is 12.1 Å². The molecule has 0 fully saturated rings. The number of benzene rings is 2. The summed E-state index contributed by atoms with van der Waals surface area (Å²) in [5.41, 5.74) is 1.85. The topological polar surface area (TPSA) is 75.6 Å². The van der Waals surface area contributed by atoms with Crippen LogP contribution in [0.5, 0.6) is 5.75 Å². The van der Waals surface area contributed by atoms with Gasteiger partial charge in [0.25, 0.3) is 5.91 Å². The Morgan fingerprint density at radius 2 is 1.73 bits per heavy atom. The molecular weight excluding hydrogens is 354 g/mol. The quantitative estimate of drug-likeness (QED) is 0.700. The molecule has 0 spiro atoms. The Balaban J connectivity index is 2.22. The molecule has 26 heavy (non-hydrogen) atoms. The average molecular weight is 376 g/mol. The molecule has 2 aromatic carbocycles. The molecule has 138 valence electrons. The fourth-order valence-corrected chi connectivity index (χ4v) is 2.64. The van der Waals surface area contributed by atoms with Gasteiger partial charge in [0.15, 0.2) is 0 Å². The Bertz CT molecular complexity index is 798. The Kier molecular flexibility index (Phi) is 6.64. The SMILES string of the molecule is CCC(CC)Oc1cc(C(=O)Nc2ccc(C(=O)O)cc2)cc(C)c1Cl. The second kappa shape index (κ2) is 8.72. The summed E-state index contributed by atoms with van der Waals surface area (Å²) < 4.78 is 5.93. The number of hydrogen-bond donors (Lipinski definition) is 2. The molecule has 0 aliphatic carbocycles. The molecule has 0 aromatic heterocycles. The van der Waals surface area contributed by atoms with E-state index in [0.29, 0.717) is 22.0 Å². The van der Waals surface area contributed by atoms with Gasteiger partial charge in [-0.05, 0) is 61.7 Å². The highest BCUT2D eigenvalue weighted by molar-refractivity contribution is 6.33. The number of ether oxygens (including phenoxy) is 1. The Morgan fingerprint density at radius 3 is 2.27 bits per heavy atom. The molecule has 0 aliphatic rings. The van der Waals surface area contributed by atoms with E-state index in [1.807, 2.05) is 20.8 Å². The second-order valence-electron chi connectivity index (χ2n) is 6.00. The van der Waals surface area contributed by atoms with Gasteiger partial charge in [0.2, 0.25) is 0 Å². The van der Waals surface area contributed by atoms with Crippen molar-refractivity contribution in [3.05, 3.63) is 58.1 Å². The molecule has 0 saturated heterocycles. The molecule has 1 amide bonds. The Hall–Kier alpha value is -2.53. The van der Waals surface area contributed by atoms with Gasteiger partial charge >= 0.3 is 5.97 Å². The molecule has 5 nitrogen and oxygen atoms in total. The van der Waals surface area contributed by atoms with Crippen molar-refractivity contribution in [3.8, 4) is 5.75 Å². The van der Waals surface area contributed by atoms with Crippen LogP contribution >= 0.6 is 11.6 Å². The summed E-state index contributed by atoms with van der Waals surface area (Å²) in [7, 11) is 0. The van der Waals surface area contributed by atoms with Gasteiger partial charge in [-0.15, -0.1) is 0 Å². The summed E-state index contributed by atoms with van der Waals surface area (Å²) >= 11 is 6.32. The third-order valence-electron chi connectivity index (χ3n) is 4.08. The van der Waals surface area contributed by atoms with Gasteiger partial charge in [0.05, 0.1) is 16.7 Å².